The maximum atomic E-state index is 13.2. The van der Waals surface area contributed by atoms with Crippen molar-refractivity contribution < 1.29 is 0 Å². The number of thiophene rings is 1. The molecule has 0 amide bonds. The van der Waals surface area contributed by atoms with Gasteiger partial charge in [0.2, 0.25) is 0 Å². The third-order valence-electron chi connectivity index (χ3n) is 5.39. The molecule has 0 aliphatic heterocycles. The van der Waals surface area contributed by atoms with E-state index in [-0.39, 0.29) is 5.56 Å². The normalized spacial score (nSPS) is 19.2. The van der Waals surface area contributed by atoms with E-state index in [9.17, 15) is 4.79 Å². The number of rotatable bonds is 3. The van der Waals surface area contributed by atoms with Crippen LogP contribution in [0, 0.1) is 5.92 Å². The first kappa shape index (κ1) is 15.7. The number of hydrogen-bond donors (Lipinski definition) is 0. The molecule has 2 aliphatic carbocycles. The largest absolute Gasteiger partial charge is 0.287 e. The molecule has 0 saturated heterocycles. The Morgan fingerprint density at radius 3 is 2.74 bits per heavy atom. The minimum atomic E-state index is 0.226. The number of hydrogen-bond acceptors (Lipinski definition) is 4. The molecule has 2 aromatic heterocycles. The zero-order valence-corrected chi connectivity index (χ0v) is 15.4. The van der Waals surface area contributed by atoms with Crippen LogP contribution in [0.15, 0.2) is 9.95 Å². The van der Waals surface area contributed by atoms with Crippen LogP contribution in [0.4, 0.5) is 0 Å². The van der Waals surface area contributed by atoms with Gasteiger partial charge in [-0.2, -0.15) is 0 Å². The monoisotopic (exact) mass is 348 g/mol. The van der Waals surface area contributed by atoms with E-state index in [1.165, 1.54) is 55.4 Å². The zero-order chi connectivity index (χ0) is 15.8. The van der Waals surface area contributed by atoms with Gasteiger partial charge in [0.25, 0.3) is 5.56 Å². The van der Waals surface area contributed by atoms with Crippen LogP contribution in [0.5, 0.6) is 0 Å². The fraction of sp³-hybridized carbons (Fsp3) is 0.667. The van der Waals surface area contributed by atoms with Crippen molar-refractivity contribution in [1.29, 1.82) is 0 Å². The summed E-state index contributed by atoms with van der Waals surface area (Å²) < 4.78 is 1.99. The molecule has 23 heavy (non-hydrogen) atoms. The quantitative estimate of drug-likeness (QED) is 0.599. The summed E-state index contributed by atoms with van der Waals surface area (Å²) in [4.78, 5) is 20.5. The van der Waals surface area contributed by atoms with Crippen molar-refractivity contribution in [3.63, 3.8) is 0 Å². The predicted molar refractivity (Wildman–Crippen MR) is 98.9 cm³/mol. The molecule has 0 bridgehead atoms. The number of aromatic nitrogens is 2. The highest BCUT2D eigenvalue weighted by atomic mass is 32.2. The van der Waals surface area contributed by atoms with Gasteiger partial charge in [-0.15, -0.1) is 11.3 Å². The van der Waals surface area contributed by atoms with E-state index in [1.807, 2.05) is 10.8 Å². The number of fused-ring (bicyclic) bond motifs is 3. The van der Waals surface area contributed by atoms with E-state index in [0.717, 1.165) is 34.8 Å². The van der Waals surface area contributed by atoms with Crippen LogP contribution in [0.25, 0.3) is 10.2 Å². The second kappa shape index (κ2) is 6.60. The molecule has 2 aliphatic rings. The molecule has 0 aromatic carbocycles. The highest BCUT2D eigenvalue weighted by Crippen LogP contribution is 2.35. The minimum Gasteiger partial charge on any atom is -0.287 e. The lowest BCUT2D eigenvalue weighted by Crippen LogP contribution is -2.27. The number of aryl methyl sites for hydroxylation is 2. The van der Waals surface area contributed by atoms with E-state index in [4.69, 9.17) is 4.98 Å². The van der Waals surface area contributed by atoms with Gasteiger partial charge in [-0.1, -0.05) is 31.0 Å². The number of nitrogens with zero attached hydrogens (tertiary/aromatic N) is 2. The maximum Gasteiger partial charge on any atom is 0.263 e. The van der Waals surface area contributed by atoms with Crippen molar-refractivity contribution in [3.05, 3.63) is 20.8 Å². The summed E-state index contributed by atoms with van der Waals surface area (Å²) in [7, 11) is 0. The van der Waals surface area contributed by atoms with Crippen LogP contribution >= 0.6 is 23.1 Å². The summed E-state index contributed by atoms with van der Waals surface area (Å²) >= 11 is 3.38. The molecule has 5 heteroatoms. The Morgan fingerprint density at radius 1 is 1.17 bits per heavy atom. The van der Waals surface area contributed by atoms with Crippen molar-refractivity contribution in [1.82, 2.24) is 9.55 Å². The summed E-state index contributed by atoms with van der Waals surface area (Å²) in [5, 5.41) is 1.85. The van der Waals surface area contributed by atoms with Crippen LogP contribution in [-0.2, 0) is 19.4 Å². The third kappa shape index (κ3) is 2.86. The molecule has 0 unspecified atom stereocenters. The van der Waals surface area contributed by atoms with E-state index >= 15 is 0 Å². The second-order valence-electron chi connectivity index (χ2n) is 6.91. The lowest BCUT2D eigenvalue weighted by molar-refractivity contribution is 0.306. The highest BCUT2D eigenvalue weighted by molar-refractivity contribution is 7.98. The Bertz CT molecular complexity index is 771. The van der Waals surface area contributed by atoms with Crippen molar-refractivity contribution >= 4 is 33.3 Å². The molecule has 1 saturated carbocycles. The van der Waals surface area contributed by atoms with Crippen LogP contribution < -0.4 is 5.56 Å². The first-order chi connectivity index (χ1) is 11.3. The average Bonchev–Trinajstić information content (AvgIpc) is 2.96. The van der Waals surface area contributed by atoms with Gasteiger partial charge in [0.1, 0.15) is 4.83 Å². The van der Waals surface area contributed by atoms with Crippen molar-refractivity contribution in [2.24, 2.45) is 5.92 Å². The summed E-state index contributed by atoms with van der Waals surface area (Å²) in [6.45, 7) is 0.864. The fourth-order valence-corrected chi connectivity index (χ4v) is 6.03. The Kier molecular flexibility index (Phi) is 4.50. The fourth-order valence-electron chi connectivity index (χ4n) is 4.16. The Hall–Kier alpha value is -0.810. The standard InChI is InChI=1S/C18H24N2OS2/c1-22-18-19-16-15(13-9-5-6-10-14(13)23-16)17(21)20(18)11-12-7-3-2-4-8-12/h12H,2-11H2,1H3. The lowest BCUT2D eigenvalue weighted by atomic mass is 9.89. The molecule has 3 nitrogen and oxygen atoms in total. The van der Waals surface area contributed by atoms with Gasteiger partial charge in [-0.3, -0.25) is 9.36 Å². The molecule has 124 valence electrons. The minimum absolute atomic E-state index is 0.226. The van der Waals surface area contributed by atoms with Gasteiger partial charge in [-0.05, 0) is 56.3 Å². The molecular formula is C18H24N2OS2. The Balaban J connectivity index is 1.81. The van der Waals surface area contributed by atoms with Gasteiger partial charge in [-0.25, -0.2) is 4.98 Å². The third-order valence-corrected chi connectivity index (χ3v) is 7.25. The van der Waals surface area contributed by atoms with Gasteiger partial charge in [0, 0.05) is 11.4 Å². The molecule has 4 rings (SSSR count). The average molecular weight is 349 g/mol. The van der Waals surface area contributed by atoms with E-state index < -0.39 is 0 Å². The Morgan fingerprint density at radius 2 is 1.96 bits per heavy atom. The highest BCUT2D eigenvalue weighted by Gasteiger charge is 2.23. The maximum absolute atomic E-state index is 13.2. The Labute approximate surface area is 145 Å². The molecule has 2 aromatic rings. The van der Waals surface area contributed by atoms with Gasteiger partial charge in [0.15, 0.2) is 5.16 Å². The molecule has 0 atom stereocenters. The summed E-state index contributed by atoms with van der Waals surface area (Å²) in [5.74, 6) is 0.654. The van der Waals surface area contributed by atoms with Gasteiger partial charge >= 0.3 is 0 Å². The van der Waals surface area contributed by atoms with Crippen LogP contribution in [-0.4, -0.2) is 15.8 Å². The molecule has 0 radical (unpaired) electrons. The molecular weight excluding hydrogens is 324 g/mol. The second-order valence-corrected chi connectivity index (χ2v) is 8.77. The summed E-state index contributed by atoms with van der Waals surface area (Å²) in [6, 6.07) is 0. The van der Waals surface area contributed by atoms with E-state index in [2.05, 4.69) is 0 Å². The predicted octanol–water partition coefficient (Wildman–Crippen LogP) is 4.64. The molecule has 2 heterocycles. The first-order valence-electron chi connectivity index (χ1n) is 8.87. The lowest BCUT2D eigenvalue weighted by Gasteiger charge is -2.23. The van der Waals surface area contributed by atoms with E-state index in [1.54, 1.807) is 23.1 Å². The molecule has 0 N–H and O–H groups in total. The topological polar surface area (TPSA) is 34.9 Å². The first-order valence-corrected chi connectivity index (χ1v) is 10.9. The van der Waals surface area contributed by atoms with Crippen LogP contribution in [0.2, 0.25) is 0 Å². The van der Waals surface area contributed by atoms with Crippen LogP contribution in [0.1, 0.15) is 55.4 Å². The van der Waals surface area contributed by atoms with Gasteiger partial charge in [0.05, 0.1) is 5.39 Å². The van der Waals surface area contributed by atoms with Gasteiger partial charge < -0.3 is 0 Å². The van der Waals surface area contributed by atoms with E-state index in [0.29, 0.717) is 5.92 Å². The van der Waals surface area contributed by atoms with Crippen molar-refractivity contribution in [2.75, 3.05) is 6.26 Å². The van der Waals surface area contributed by atoms with Crippen molar-refractivity contribution in [2.45, 2.75) is 69.5 Å². The molecule has 1 fully saturated rings. The molecule has 0 spiro atoms. The van der Waals surface area contributed by atoms with Crippen molar-refractivity contribution in [3.8, 4) is 0 Å². The zero-order valence-electron chi connectivity index (χ0n) is 13.8. The number of thioether (sulfide) groups is 1. The smallest absolute Gasteiger partial charge is 0.263 e. The SMILES string of the molecule is CSc1nc2sc3c(c2c(=O)n1CC1CCCCC1)CCCC3. The summed E-state index contributed by atoms with van der Waals surface area (Å²) in [6.07, 6.45) is 13.2. The van der Waals surface area contributed by atoms with Crippen LogP contribution in [0.3, 0.4) is 0 Å². The summed E-state index contributed by atoms with van der Waals surface area (Å²) in [5.41, 5.74) is 1.54.